The highest BCUT2D eigenvalue weighted by atomic mass is 32.1. The molecule has 2 rings (SSSR count). The average molecular weight is 264 g/mol. The van der Waals surface area contributed by atoms with E-state index in [-0.39, 0.29) is 5.56 Å². The van der Waals surface area contributed by atoms with E-state index in [9.17, 15) is 8.78 Å². The Morgan fingerprint density at radius 3 is 2.44 bits per heavy atom. The Bertz CT molecular complexity index is 621. The van der Waals surface area contributed by atoms with E-state index in [1.165, 1.54) is 18.2 Å². The standard InChI is InChI=1S/C13H10F2N2S/c1-2-7-12(17)10(6-16)18-13(7)11-8(14)4-3-5-9(11)15/h3-5H,2,17H2,1H3. The Hall–Kier alpha value is -1.93. The minimum Gasteiger partial charge on any atom is -0.397 e. The number of thiophene rings is 1. The summed E-state index contributed by atoms with van der Waals surface area (Å²) in [6, 6.07) is 5.64. The first-order chi connectivity index (χ1) is 8.60. The molecule has 92 valence electrons. The maximum absolute atomic E-state index is 13.7. The lowest BCUT2D eigenvalue weighted by Crippen LogP contribution is -1.94. The van der Waals surface area contributed by atoms with Gasteiger partial charge in [0.05, 0.1) is 11.3 Å². The molecule has 1 aromatic heterocycles. The van der Waals surface area contributed by atoms with Crippen molar-refractivity contribution in [2.45, 2.75) is 13.3 Å². The molecule has 0 aliphatic rings. The van der Waals surface area contributed by atoms with Crippen molar-refractivity contribution in [1.29, 1.82) is 5.26 Å². The van der Waals surface area contributed by atoms with Crippen molar-refractivity contribution in [1.82, 2.24) is 0 Å². The molecule has 1 aromatic carbocycles. The van der Waals surface area contributed by atoms with E-state index in [0.717, 1.165) is 11.3 Å². The van der Waals surface area contributed by atoms with Gasteiger partial charge in [-0.15, -0.1) is 11.3 Å². The number of rotatable bonds is 2. The Morgan fingerprint density at radius 1 is 1.33 bits per heavy atom. The van der Waals surface area contributed by atoms with Crippen LogP contribution in [-0.2, 0) is 6.42 Å². The third-order valence-electron chi connectivity index (χ3n) is 2.69. The zero-order valence-corrected chi connectivity index (χ0v) is 10.4. The van der Waals surface area contributed by atoms with Gasteiger partial charge in [0, 0.05) is 4.88 Å². The summed E-state index contributed by atoms with van der Waals surface area (Å²) in [6.07, 6.45) is 0.521. The Kier molecular flexibility index (Phi) is 3.30. The number of benzene rings is 1. The zero-order valence-electron chi connectivity index (χ0n) is 9.63. The molecule has 0 radical (unpaired) electrons. The van der Waals surface area contributed by atoms with Crippen LogP contribution >= 0.6 is 11.3 Å². The van der Waals surface area contributed by atoms with Crippen LogP contribution in [0, 0.1) is 23.0 Å². The first-order valence-electron chi connectivity index (χ1n) is 5.35. The fourth-order valence-electron chi connectivity index (χ4n) is 1.83. The van der Waals surface area contributed by atoms with Gasteiger partial charge in [-0.2, -0.15) is 5.26 Å². The normalized spacial score (nSPS) is 10.3. The first kappa shape index (κ1) is 12.5. The maximum Gasteiger partial charge on any atom is 0.134 e. The fourth-order valence-corrected chi connectivity index (χ4v) is 2.99. The summed E-state index contributed by atoms with van der Waals surface area (Å²) in [5.41, 5.74) is 6.65. The van der Waals surface area contributed by atoms with Crippen LogP contribution in [0.25, 0.3) is 10.4 Å². The van der Waals surface area contributed by atoms with Crippen LogP contribution in [0.5, 0.6) is 0 Å². The number of nitriles is 1. The second kappa shape index (κ2) is 4.75. The van der Waals surface area contributed by atoms with Crippen LogP contribution in [0.2, 0.25) is 0 Å². The molecule has 2 aromatic rings. The predicted octanol–water partition coefficient (Wildman–Crippen LogP) is 3.71. The minimum absolute atomic E-state index is 0.104. The van der Waals surface area contributed by atoms with Crippen molar-refractivity contribution < 1.29 is 8.78 Å². The molecule has 5 heteroatoms. The van der Waals surface area contributed by atoms with Gasteiger partial charge < -0.3 is 5.73 Å². The van der Waals surface area contributed by atoms with Crippen LogP contribution in [0.15, 0.2) is 18.2 Å². The van der Waals surface area contributed by atoms with Gasteiger partial charge in [0.1, 0.15) is 22.6 Å². The molecular formula is C13H10F2N2S. The maximum atomic E-state index is 13.7. The molecule has 0 saturated carbocycles. The number of anilines is 1. The quantitative estimate of drug-likeness (QED) is 0.898. The van der Waals surface area contributed by atoms with Crippen molar-refractivity contribution in [2.75, 3.05) is 5.73 Å². The summed E-state index contributed by atoms with van der Waals surface area (Å²) in [7, 11) is 0. The highest BCUT2D eigenvalue weighted by Gasteiger charge is 2.20. The van der Waals surface area contributed by atoms with E-state index in [0.29, 0.717) is 27.4 Å². The largest absolute Gasteiger partial charge is 0.397 e. The lowest BCUT2D eigenvalue weighted by Gasteiger charge is -2.05. The summed E-state index contributed by atoms with van der Waals surface area (Å²) in [5.74, 6) is -1.29. The average Bonchev–Trinajstić information content (AvgIpc) is 2.65. The van der Waals surface area contributed by atoms with Gasteiger partial charge in [-0.3, -0.25) is 0 Å². The van der Waals surface area contributed by atoms with Crippen molar-refractivity contribution in [3.8, 4) is 16.5 Å². The van der Waals surface area contributed by atoms with Crippen LogP contribution in [0.1, 0.15) is 17.4 Å². The molecule has 0 amide bonds. The summed E-state index contributed by atoms with van der Waals surface area (Å²) < 4.78 is 27.5. The number of nitrogens with two attached hydrogens (primary N) is 1. The topological polar surface area (TPSA) is 49.8 Å². The van der Waals surface area contributed by atoms with Crippen molar-refractivity contribution in [2.24, 2.45) is 0 Å². The van der Waals surface area contributed by atoms with E-state index in [1.54, 1.807) is 0 Å². The van der Waals surface area contributed by atoms with Crippen LogP contribution in [-0.4, -0.2) is 0 Å². The summed E-state index contributed by atoms with van der Waals surface area (Å²) in [4.78, 5) is 0.701. The highest BCUT2D eigenvalue weighted by Crippen LogP contribution is 2.40. The van der Waals surface area contributed by atoms with Gasteiger partial charge in [0.15, 0.2) is 0 Å². The summed E-state index contributed by atoms with van der Waals surface area (Å²) >= 11 is 1.03. The van der Waals surface area contributed by atoms with E-state index < -0.39 is 11.6 Å². The minimum atomic E-state index is -0.643. The predicted molar refractivity (Wildman–Crippen MR) is 68.2 cm³/mol. The van der Waals surface area contributed by atoms with Gasteiger partial charge in [0.25, 0.3) is 0 Å². The van der Waals surface area contributed by atoms with Crippen molar-refractivity contribution in [3.63, 3.8) is 0 Å². The molecule has 0 aliphatic carbocycles. The monoisotopic (exact) mass is 264 g/mol. The lowest BCUT2D eigenvalue weighted by atomic mass is 10.1. The number of halogens is 2. The highest BCUT2D eigenvalue weighted by molar-refractivity contribution is 7.16. The molecule has 2 N–H and O–H groups in total. The van der Waals surface area contributed by atoms with Crippen LogP contribution in [0.4, 0.5) is 14.5 Å². The van der Waals surface area contributed by atoms with Gasteiger partial charge in [0.2, 0.25) is 0 Å². The lowest BCUT2D eigenvalue weighted by molar-refractivity contribution is 0.590. The zero-order chi connectivity index (χ0) is 13.3. The molecule has 0 bridgehead atoms. The van der Waals surface area contributed by atoms with E-state index in [4.69, 9.17) is 11.0 Å². The van der Waals surface area contributed by atoms with E-state index in [2.05, 4.69) is 0 Å². The third kappa shape index (κ3) is 1.85. The Labute approximate surface area is 107 Å². The molecule has 1 heterocycles. The van der Waals surface area contributed by atoms with Gasteiger partial charge >= 0.3 is 0 Å². The Morgan fingerprint density at radius 2 is 1.94 bits per heavy atom. The molecule has 0 atom stereocenters. The molecule has 0 aliphatic heterocycles. The van der Waals surface area contributed by atoms with Gasteiger partial charge in [-0.1, -0.05) is 13.0 Å². The fraction of sp³-hybridized carbons (Fsp3) is 0.154. The van der Waals surface area contributed by atoms with Crippen LogP contribution < -0.4 is 5.73 Å². The summed E-state index contributed by atoms with van der Waals surface area (Å²) in [6.45, 7) is 1.84. The first-order valence-corrected chi connectivity index (χ1v) is 6.17. The van der Waals surface area contributed by atoms with E-state index in [1.807, 2.05) is 13.0 Å². The molecular weight excluding hydrogens is 254 g/mol. The molecule has 0 spiro atoms. The summed E-state index contributed by atoms with van der Waals surface area (Å²) in [5, 5.41) is 8.93. The van der Waals surface area contributed by atoms with Gasteiger partial charge in [-0.05, 0) is 24.1 Å². The second-order valence-electron chi connectivity index (χ2n) is 3.71. The number of hydrogen-bond acceptors (Lipinski definition) is 3. The number of nitrogen functional groups attached to an aromatic ring is 1. The van der Waals surface area contributed by atoms with Gasteiger partial charge in [-0.25, -0.2) is 8.78 Å². The Balaban J connectivity index is 2.76. The second-order valence-corrected chi connectivity index (χ2v) is 4.74. The molecule has 2 nitrogen and oxygen atoms in total. The number of nitrogens with zero attached hydrogens (tertiary/aromatic N) is 1. The van der Waals surface area contributed by atoms with Crippen molar-refractivity contribution in [3.05, 3.63) is 40.3 Å². The molecule has 0 unspecified atom stereocenters. The molecule has 0 saturated heterocycles. The molecule has 18 heavy (non-hydrogen) atoms. The number of hydrogen-bond donors (Lipinski definition) is 1. The van der Waals surface area contributed by atoms with E-state index >= 15 is 0 Å². The van der Waals surface area contributed by atoms with Crippen molar-refractivity contribution >= 4 is 17.0 Å². The molecule has 0 fully saturated rings. The smallest absolute Gasteiger partial charge is 0.134 e. The third-order valence-corrected chi connectivity index (χ3v) is 3.86. The SMILES string of the molecule is CCc1c(-c2c(F)cccc2F)sc(C#N)c1N. The van der Waals surface area contributed by atoms with Crippen LogP contribution in [0.3, 0.4) is 0 Å².